The topological polar surface area (TPSA) is 99.7 Å². The van der Waals surface area contributed by atoms with Gasteiger partial charge in [-0.25, -0.2) is 10.8 Å². The van der Waals surface area contributed by atoms with Crippen LogP contribution in [0.4, 0.5) is 11.8 Å². The number of aryl methyl sites for hydroxylation is 1. The summed E-state index contributed by atoms with van der Waals surface area (Å²) < 4.78 is 0. The van der Waals surface area contributed by atoms with E-state index in [1.165, 1.54) is 0 Å². The van der Waals surface area contributed by atoms with Gasteiger partial charge in [0, 0.05) is 18.3 Å². The van der Waals surface area contributed by atoms with Crippen molar-refractivity contribution in [1.82, 2.24) is 9.97 Å². The molecule has 1 aromatic heterocycles. The highest BCUT2D eigenvalue weighted by Gasteiger charge is 2.02. The molecule has 4 N–H and O–H groups in total. The number of nitrogens with two attached hydrogens (primary N) is 1. The van der Waals surface area contributed by atoms with Gasteiger partial charge in [-0.2, -0.15) is 10.2 Å². The van der Waals surface area contributed by atoms with E-state index in [0.717, 1.165) is 16.9 Å². The Bertz CT molecular complexity index is 600. The third-order valence-electron chi connectivity index (χ3n) is 2.64. The highest BCUT2D eigenvalue weighted by atomic mass is 15.3. The molecule has 0 bridgehead atoms. The summed E-state index contributed by atoms with van der Waals surface area (Å²) in [4.78, 5) is 8.24. The van der Waals surface area contributed by atoms with Crippen molar-refractivity contribution in [3.8, 4) is 6.07 Å². The fourth-order valence-corrected chi connectivity index (χ4v) is 1.57. The third-order valence-corrected chi connectivity index (χ3v) is 2.64. The molecule has 0 aliphatic rings. The molecule has 2 rings (SSSR count). The van der Waals surface area contributed by atoms with Crippen LogP contribution in [-0.4, -0.2) is 9.97 Å². The van der Waals surface area contributed by atoms with Crippen LogP contribution < -0.4 is 16.6 Å². The lowest BCUT2D eigenvalue weighted by Gasteiger charge is -2.09. The second kappa shape index (κ2) is 5.80. The first kappa shape index (κ1) is 12.8. The number of rotatable bonds is 4. The summed E-state index contributed by atoms with van der Waals surface area (Å²) in [6, 6.07) is 9.48. The van der Waals surface area contributed by atoms with Crippen LogP contribution in [0.1, 0.15) is 16.7 Å². The summed E-state index contributed by atoms with van der Waals surface area (Å²) in [5, 5.41) is 11.9. The molecule has 0 amide bonds. The maximum absolute atomic E-state index is 8.73. The zero-order chi connectivity index (χ0) is 13.7. The van der Waals surface area contributed by atoms with Crippen LogP contribution in [0.15, 0.2) is 30.5 Å². The fraction of sp³-hybridized carbons (Fsp3) is 0.154. The maximum Gasteiger partial charge on any atom is 0.239 e. The second-order valence-corrected chi connectivity index (χ2v) is 4.03. The number of nitrogens with zero attached hydrogens (tertiary/aromatic N) is 3. The van der Waals surface area contributed by atoms with E-state index in [4.69, 9.17) is 11.1 Å². The van der Waals surface area contributed by atoms with Gasteiger partial charge in [0.15, 0.2) is 0 Å². The van der Waals surface area contributed by atoms with E-state index in [0.29, 0.717) is 18.1 Å². The van der Waals surface area contributed by atoms with E-state index < -0.39 is 0 Å². The zero-order valence-corrected chi connectivity index (χ0v) is 10.5. The van der Waals surface area contributed by atoms with Crippen LogP contribution in [0, 0.1) is 18.3 Å². The minimum atomic E-state index is 0.368. The molecular weight excluding hydrogens is 240 g/mol. The quantitative estimate of drug-likeness (QED) is 0.565. The number of nitriles is 1. The normalized spacial score (nSPS) is 9.74. The van der Waals surface area contributed by atoms with Crippen LogP contribution in [0.5, 0.6) is 0 Å². The van der Waals surface area contributed by atoms with E-state index in [1.807, 2.05) is 19.1 Å². The molecular formula is C13H14N6. The van der Waals surface area contributed by atoms with Gasteiger partial charge < -0.3 is 5.32 Å². The number of nitrogen functional groups attached to an aromatic ring is 1. The average molecular weight is 254 g/mol. The molecule has 96 valence electrons. The lowest BCUT2D eigenvalue weighted by atomic mass is 10.1. The van der Waals surface area contributed by atoms with E-state index in [-0.39, 0.29) is 0 Å². The van der Waals surface area contributed by atoms with Crippen LogP contribution >= 0.6 is 0 Å². The largest absolute Gasteiger partial charge is 0.366 e. The lowest BCUT2D eigenvalue weighted by Crippen LogP contribution is -2.12. The first-order valence-electron chi connectivity index (χ1n) is 5.76. The van der Waals surface area contributed by atoms with Crippen molar-refractivity contribution in [3.63, 3.8) is 0 Å². The highest BCUT2D eigenvalue weighted by Crippen LogP contribution is 2.13. The summed E-state index contributed by atoms with van der Waals surface area (Å²) >= 11 is 0. The molecule has 2 aromatic rings. The monoisotopic (exact) mass is 254 g/mol. The highest BCUT2D eigenvalue weighted by molar-refractivity contribution is 5.46. The van der Waals surface area contributed by atoms with Gasteiger partial charge in [0.1, 0.15) is 5.82 Å². The number of hydrogen-bond donors (Lipinski definition) is 3. The molecule has 0 saturated carbocycles. The molecule has 0 saturated heterocycles. The minimum absolute atomic E-state index is 0.368. The van der Waals surface area contributed by atoms with Gasteiger partial charge >= 0.3 is 0 Å². The molecule has 6 heteroatoms. The molecule has 0 aliphatic carbocycles. The van der Waals surface area contributed by atoms with Gasteiger partial charge in [-0.1, -0.05) is 12.1 Å². The van der Waals surface area contributed by atoms with Crippen LogP contribution in [0.2, 0.25) is 0 Å². The van der Waals surface area contributed by atoms with Crippen molar-refractivity contribution in [1.29, 1.82) is 5.26 Å². The average Bonchev–Trinajstić information content (AvgIpc) is 2.47. The molecule has 0 fully saturated rings. The van der Waals surface area contributed by atoms with Gasteiger partial charge in [-0.3, -0.25) is 5.43 Å². The lowest BCUT2D eigenvalue weighted by molar-refractivity contribution is 1.05. The molecule has 0 spiro atoms. The second-order valence-electron chi connectivity index (χ2n) is 4.03. The first-order chi connectivity index (χ1) is 9.22. The summed E-state index contributed by atoms with van der Waals surface area (Å²) in [5.74, 6) is 6.37. The SMILES string of the molecule is Cc1cnc(NN)nc1NCc1ccc(C#N)cc1. The minimum Gasteiger partial charge on any atom is -0.366 e. The predicted molar refractivity (Wildman–Crippen MR) is 73.1 cm³/mol. The van der Waals surface area contributed by atoms with E-state index in [1.54, 1.807) is 18.3 Å². The van der Waals surface area contributed by atoms with Gasteiger partial charge in [0.25, 0.3) is 0 Å². The Morgan fingerprint density at radius 2 is 2.05 bits per heavy atom. The Hall–Kier alpha value is -2.65. The van der Waals surface area contributed by atoms with Crippen molar-refractivity contribution in [2.45, 2.75) is 13.5 Å². The molecule has 0 unspecified atom stereocenters. The third kappa shape index (κ3) is 3.18. The van der Waals surface area contributed by atoms with E-state index in [2.05, 4.69) is 26.8 Å². The number of hydrazine groups is 1. The van der Waals surface area contributed by atoms with Crippen LogP contribution in [0.3, 0.4) is 0 Å². The van der Waals surface area contributed by atoms with Crippen molar-refractivity contribution < 1.29 is 0 Å². The maximum atomic E-state index is 8.73. The zero-order valence-electron chi connectivity index (χ0n) is 10.5. The van der Waals surface area contributed by atoms with Crippen LogP contribution in [0.25, 0.3) is 0 Å². The van der Waals surface area contributed by atoms with Crippen molar-refractivity contribution in [3.05, 3.63) is 47.2 Å². The summed E-state index contributed by atoms with van der Waals surface area (Å²) in [5.41, 5.74) is 5.07. The molecule has 0 aliphatic heterocycles. The van der Waals surface area contributed by atoms with Crippen LogP contribution in [-0.2, 0) is 6.54 Å². The van der Waals surface area contributed by atoms with Crippen molar-refractivity contribution >= 4 is 11.8 Å². The van der Waals surface area contributed by atoms with Gasteiger partial charge in [0.2, 0.25) is 5.95 Å². The summed E-state index contributed by atoms with van der Waals surface area (Å²) in [6.07, 6.45) is 1.70. The smallest absolute Gasteiger partial charge is 0.239 e. The Morgan fingerprint density at radius 3 is 2.68 bits per heavy atom. The molecule has 0 atom stereocenters. The summed E-state index contributed by atoms with van der Waals surface area (Å²) in [7, 11) is 0. The Balaban J connectivity index is 2.07. The number of hydrogen-bond acceptors (Lipinski definition) is 6. The van der Waals surface area contributed by atoms with E-state index in [9.17, 15) is 0 Å². The van der Waals surface area contributed by atoms with Crippen molar-refractivity contribution in [2.75, 3.05) is 10.7 Å². The van der Waals surface area contributed by atoms with Crippen molar-refractivity contribution in [2.24, 2.45) is 5.84 Å². The summed E-state index contributed by atoms with van der Waals surface area (Å²) in [6.45, 7) is 2.54. The number of benzene rings is 1. The number of anilines is 2. The Morgan fingerprint density at radius 1 is 1.32 bits per heavy atom. The molecule has 1 heterocycles. The van der Waals surface area contributed by atoms with Gasteiger partial charge in [-0.05, 0) is 24.6 Å². The molecule has 0 radical (unpaired) electrons. The van der Waals surface area contributed by atoms with E-state index >= 15 is 0 Å². The fourth-order valence-electron chi connectivity index (χ4n) is 1.57. The standard InChI is InChI=1S/C13H14N6/c1-9-7-17-13(19-15)18-12(9)16-8-11-4-2-10(6-14)3-5-11/h2-5,7H,8,15H2,1H3,(H2,16,17,18,19). The Kier molecular flexibility index (Phi) is 3.90. The van der Waals surface area contributed by atoms with Gasteiger partial charge in [0.05, 0.1) is 11.6 Å². The first-order valence-corrected chi connectivity index (χ1v) is 5.76. The molecule has 1 aromatic carbocycles. The number of aromatic nitrogens is 2. The molecule has 6 nitrogen and oxygen atoms in total. The predicted octanol–water partition coefficient (Wildman–Crippen LogP) is 1.55. The van der Waals surface area contributed by atoms with Gasteiger partial charge in [-0.15, -0.1) is 0 Å². The Labute approximate surface area is 111 Å². The number of nitrogens with one attached hydrogen (secondary N) is 2. The molecule has 19 heavy (non-hydrogen) atoms.